The summed E-state index contributed by atoms with van der Waals surface area (Å²) in [6, 6.07) is 4.72. The third kappa shape index (κ3) is 3.79. The molecule has 0 aliphatic carbocycles. The predicted octanol–water partition coefficient (Wildman–Crippen LogP) is 2.34. The Morgan fingerprint density at radius 2 is 2.00 bits per heavy atom. The Bertz CT molecular complexity index is 505. The second kappa shape index (κ2) is 6.52. The van der Waals surface area contributed by atoms with E-state index >= 15 is 0 Å². The summed E-state index contributed by atoms with van der Waals surface area (Å²) in [7, 11) is 0. The Kier molecular flexibility index (Phi) is 4.99. The van der Waals surface area contributed by atoms with E-state index in [0.29, 0.717) is 47.0 Å². The topological polar surface area (TPSA) is 41.6 Å². The summed E-state index contributed by atoms with van der Waals surface area (Å²) >= 11 is 17.0. The lowest BCUT2D eigenvalue weighted by Gasteiger charge is -2.28. The minimum atomic E-state index is -0.357. The maximum Gasteiger partial charge on any atom is 0.258 e. The van der Waals surface area contributed by atoms with Crippen LogP contribution in [-0.2, 0) is 4.74 Å². The summed E-state index contributed by atoms with van der Waals surface area (Å²) in [6.07, 6.45) is 0. The molecule has 2 rings (SSSR count). The molecular weight excluding hydrogens is 307 g/mol. The maximum atomic E-state index is 12.1. The molecule has 1 N–H and O–H groups in total. The van der Waals surface area contributed by atoms with E-state index in [9.17, 15) is 4.79 Å². The van der Waals surface area contributed by atoms with E-state index in [1.165, 1.54) is 6.07 Å². The minimum Gasteiger partial charge on any atom is -0.378 e. The van der Waals surface area contributed by atoms with Crippen LogP contribution in [0, 0.1) is 0 Å². The van der Waals surface area contributed by atoms with Gasteiger partial charge in [-0.15, -0.1) is 0 Å². The van der Waals surface area contributed by atoms with Crippen molar-refractivity contribution in [3.63, 3.8) is 0 Å². The van der Waals surface area contributed by atoms with Gasteiger partial charge in [0.2, 0.25) is 0 Å². The normalized spacial score (nSPS) is 15.2. The first-order valence-electron chi connectivity index (χ1n) is 5.71. The van der Waals surface area contributed by atoms with E-state index in [-0.39, 0.29) is 5.91 Å². The highest BCUT2D eigenvalue weighted by Crippen LogP contribution is 2.20. The first-order valence-corrected chi connectivity index (χ1v) is 6.87. The number of benzene rings is 1. The van der Waals surface area contributed by atoms with Gasteiger partial charge in [-0.2, -0.15) is 0 Å². The van der Waals surface area contributed by atoms with Gasteiger partial charge < -0.3 is 9.64 Å². The van der Waals surface area contributed by atoms with Gasteiger partial charge in [-0.25, -0.2) is 0 Å². The molecule has 0 bridgehead atoms. The largest absolute Gasteiger partial charge is 0.378 e. The lowest BCUT2D eigenvalue weighted by atomic mass is 10.2. The number of amides is 1. The van der Waals surface area contributed by atoms with Crippen molar-refractivity contribution in [2.24, 2.45) is 0 Å². The molecule has 102 valence electrons. The smallest absolute Gasteiger partial charge is 0.258 e. The molecule has 7 heteroatoms. The van der Waals surface area contributed by atoms with Crippen LogP contribution in [0.25, 0.3) is 0 Å². The van der Waals surface area contributed by atoms with E-state index in [0.717, 1.165) is 0 Å². The van der Waals surface area contributed by atoms with Gasteiger partial charge in [0.05, 0.1) is 23.8 Å². The summed E-state index contributed by atoms with van der Waals surface area (Å²) in [5.41, 5.74) is 0.310. The zero-order chi connectivity index (χ0) is 13.8. The number of ether oxygens (including phenoxy) is 1. The van der Waals surface area contributed by atoms with Crippen molar-refractivity contribution < 1.29 is 9.53 Å². The fourth-order valence-corrected chi connectivity index (χ4v) is 2.33. The molecule has 0 saturated carbocycles. The molecule has 1 amide bonds. The first-order chi connectivity index (χ1) is 9.08. The summed E-state index contributed by atoms with van der Waals surface area (Å²) in [5.74, 6) is -0.357. The first kappa shape index (κ1) is 14.5. The number of carbonyl (C=O) groups is 1. The van der Waals surface area contributed by atoms with Gasteiger partial charge in [0.1, 0.15) is 0 Å². The summed E-state index contributed by atoms with van der Waals surface area (Å²) in [5, 5.41) is 3.82. The monoisotopic (exact) mass is 318 g/mol. The van der Waals surface area contributed by atoms with E-state index < -0.39 is 0 Å². The number of thiocarbonyl (C=S) groups is 1. The average molecular weight is 319 g/mol. The van der Waals surface area contributed by atoms with Crippen LogP contribution >= 0.6 is 35.4 Å². The van der Waals surface area contributed by atoms with Gasteiger partial charge in [-0.3, -0.25) is 10.1 Å². The van der Waals surface area contributed by atoms with Gasteiger partial charge in [0.15, 0.2) is 5.11 Å². The zero-order valence-electron chi connectivity index (χ0n) is 9.99. The second-order valence-corrected chi connectivity index (χ2v) is 5.21. The Labute approximate surface area is 126 Å². The number of rotatable bonds is 1. The van der Waals surface area contributed by atoms with Crippen molar-refractivity contribution in [3.8, 4) is 0 Å². The zero-order valence-corrected chi connectivity index (χ0v) is 12.3. The van der Waals surface area contributed by atoms with Crippen molar-refractivity contribution in [2.45, 2.75) is 0 Å². The van der Waals surface area contributed by atoms with Gasteiger partial charge in [-0.05, 0) is 30.4 Å². The molecule has 1 fully saturated rings. The molecule has 1 heterocycles. The molecule has 1 aromatic carbocycles. The van der Waals surface area contributed by atoms with Gasteiger partial charge in [0, 0.05) is 18.1 Å². The summed E-state index contributed by atoms with van der Waals surface area (Å²) in [4.78, 5) is 14.0. The molecule has 0 aromatic heterocycles. The van der Waals surface area contributed by atoms with Crippen LogP contribution in [0.5, 0.6) is 0 Å². The highest BCUT2D eigenvalue weighted by molar-refractivity contribution is 7.80. The third-order valence-corrected chi connectivity index (χ3v) is 3.62. The van der Waals surface area contributed by atoms with Crippen LogP contribution in [0.3, 0.4) is 0 Å². The van der Waals surface area contributed by atoms with Crippen molar-refractivity contribution in [3.05, 3.63) is 33.8 Å². The van der Waals surface area contributed by atoms with Crippen LogP contribution in [0.4, 0.5) is 0 Å². The van der Waals surface area contributed by atoms with Gasteiger partial charge in [0.25, 0.3) is 5.91 Å². The van der Waals surface area contributed by atoms with E-state index in [1.54, 1.807) is 12.1 Å². The number of carbonyl (C=O) groups excluding carboxylic acids is 1. The molecule has 19 heavy (non-hydrogen) atoms. The highest BCUT2D eigenvalue weighted by atomic mass is 35.5. The molecule has 0 unspecified atom stereocenters. The molecule has 1 aromatic rings. The molecule has 0 atom stereocenters. The Morgan fingerprint density at radius 3 is 2.68 bits per heavy atom. The van der Waals surface area contributed by atoms with Crippen molar-refractivity contribution >= 4 is 46.4 Å². The van der Waals surface area contributed by atoms with E-state index in [1.807, 2.05) is 4.90 Å². The fraction of sp³-hybridized carbons (Fsp3) is 0.333. The summed E-state index contributed by atoms with van der Waals surface area (Å²) in [6.45, 7) is 2.55. The fourth-order valence-electron chi connectivity index (χ4n) is 1.68. The van der Waals surface area contributed by atoms with Crippen LogP contribution in [0.15, 0.2) is 18.2 Å². The molecule has 0 spiro atoms. The van der Waals surface area contributed by atoms with E-state index in [2.05, 4.69) is 5.32 Å². The number of hydrogen-bond acceptors (Lipinski definition) is 3. The Morgan fingerprint density at radius 1 is 1.32 bits per heavy atom. The molecule has 1 saturated heterocycles. The number of hydrogen-bond donors (Lipinski definition) is 1. The minimum absolute atomic E-state index is 0.310. The van der Waals surface area contributed by atoms with Gasteiger partial charge in [-0.1, -0.05) is 23.2 Å². The Balaban J connectivity index is 2.04. The number of morpholine rings is 1. The molecule has 1 aliphatic rings. The molecule has 0 radical (unpaired) electrons. The van der Waals surface area contributed by atoms with Crippen LogP contribution in [0.2, 0.25) is 10.0 Å². The van der Waals surface area contributed by atoms with Crippen LogP contribution < -0.4 is 5.32 Å². The van der Waals surface area contributed by atoms with Crippen molar-refractivity contribution in [2.75, 3.05) is 26.3 Å². The maximum absolute atomic E-state index is 12.1. The third-order valence-electron chi connectivity index (χ3n) is 2.69. The number of halogens is 2. The predicted molar refractivity (Wildman–Crippen MR) is 78.9 cm³/mol. The van der Waals surface area contributed by atoms with Crippen LogP contribution in [-0.4, -0.2) is 42.2 Å². The van der Waals surface area contributed by atoms with Gasteiger partial charge >= 0.3 is 0 Å². The standard InChI is InChI=1S/C12H12Cl2N2O2S/c13-8-1-2-10(14)9(7-8)11(17)15-12(19)16-3-5-18-6-4-16/h1-2,7H,3-6H2,(H,15,17,19). The lowest BCUT2D eigenvalue weighted by molar-refractivity contribution is 0.0669. The second-order valence-electron chi connectivity index (χ2n) is 3.98. The SMILES string of the molecule is O=C(NC(=S)N1CCOCC1)c1cc(Cl)ccc1Cl. The molecule has 1 aliphatic heterocycles. The quantitative estimate of drug-likeness (QED) is 0.807. The highest BCUT2D eigenvalue weighted by Gasteiger charge is 2.18. The number of nitrogens with zero attached hydrogens (tertiary/aromatic N) is 1. The molecular formula is C12H12Cl2N2O2S. The van der Waals surface area contributed by atoms with Crippen LogP contribution in [0.1, 0.15) is 10.4 Å². The average Bonchev–Trinajstić information content (AvgIpc) is 2.42. The van der Waals surface area contributed by atoms with Crippen molar-refractivity contribution in [1.82, 2.24) is 10.2 Å². The number of nitrogens with one attached hydrogen (secondary N) is 1. The lowest BCUT2D eigenvalue weighted by Crippen LogP contribution is -2.47. The summed E-state index contributed by atoms with van der Waals surface area (Å²) < 4.78 is 5.22. The van der Waals surface area contributed by atoms with Crippen molar-refractivity contribution in [1.29, 1.82) is 0 Å². The molecule has 4 nitrogen and oxygen atoms in total. The van der Waals surface area contributed by atoms with E-state index in [4.69, 9.17) is 40.2 Å². The Hall–Kier alpha value is -0.880.